The number of nitrogens with one attached hydrogen (secondary N) is 1. The molecule has 27 heavy (non-hydrogen) atoms. The fraction of sp³-hybridized carbons (Fsp3) is 0.526. The largest absolute Gasteiger partial charge is 0.480 e. The molecule has 2 N–H and O–H groups in total. The SMILES string of the molecule is Cc1cc(C)nc(-n2nc(C)c(CC(=O)NC3(C(=O)O)CCCC3)c2C)n1. The Kier molecular flexibility index (Phi) is 4.99. The van der Waals surface area contributed by atoms with E-state index in [9.17, 15) is 14.7 Å². The average Bonchev–Trinajstić information content (AvgIpc) is 3.15. The molecule has 1 fully saturated rings. The van der Waals surface area contributed by atoms with Crippen molar-refractivity contribution in [1.29, 1.82) is 0 Å². The summed E-state index contributed by atoms with van der Waals surface area (Å²) >= 11 is 0. The van der Waals surface area contributed by atoms with Crippen LogP contribution >= 0.6 is 0 Å². The minimum Gasteiger partial charge on any atom is -0.480 e. The number of carbonyl (C=O) groups is 2. The first kappa shape index (κ1) is 19.0. The Morgan fingerprint density at radius 3 is 2.30 bits per heavy atom. The lowest BCUT2D eigenvalue weighted by atomic mass is 9.97. The van der Waals surface area contributed by atoms with Crippen LogP contribution in [0.2, 0.25) is 0 Å². The topological polar surface area (TPSA) is 110 Å². The van der Waals surface area contributed by atoms with Crippen LogP contribution in [0, 0.1) is 27.7 Å². The van der Waals surface area contributed by atoms with Crippen LogP contribution < -0.4 is 5.32 Å². The van der Waals surface area contributed by atoms with Crippen LogP contribution in [-0.2, 0) is 16.0 Å². The van der Waals surface area contributed by atoms with E-state index in [1.54, 1.807) is 4.68 Å². The van der Waals surface area contributed by atoms with Crippen LogP contribution in [0.3, 0.4) is 0 Å². The van der Waals surface area contributed by atoms with Gasteiger partial charge in [0.15, 0.2) is 0 Å². The molecule has 0 radical (unpaired) electrons. The highest BCUT2D eigenvalue weighted by atomic mass is 16.4. The lowest BCUT2D eigenvalue weighted by Gasteiger charge is -2.25. The van der Waals surface area contributed by atoms with Crippen LogP contribution in [-0.4, -0.2) is 42.3 Å². The number of hydrogen-bond acceptors (Lipinski definition) is 5. The predicted octanol–water partition coefficient (Wildman–Crippen LogP) is 1.95. The molecule has 1 amide bonds. The number of aromatic nitrogens is 4. The summed E-state index contributed by atoms with van der Waals surface area (Å²) in [7, 11) is 0. The molecular formula is C19H25N5O3. The van der Waals surface area contributed by atoms with E-state index in [1.807, 2.05) is 33.8 Å². The maximum atomic E-state index is 12.6. The molecule has 1 saturated carbocycles. The number of nitrogens with zero attached hydrogens (tertiary/aromatic N) is 4. The van der Waals surface area contributed by atoms with Gasteiger partial charge in [-0.3, -0.25) is 4.79 Å². The second-order valence-electron chi connectivity index (χ2n) is 7.33. The first-order valence-corrected chi connectivity index (χ1v) is 9.14. The number of carbonyl (C=O) groups excluding carboxylic acids is 1. The molecule has 0 aliphatic heterocycles. The summed E-state index contributed by atoms with van der Waals surface area (Å²) in [6.07, 6.45) is 2.65. The standard InChI is InChI=1S/C19H25N5O3/c1-11-9-12(2)21-18(20-11)24-14(4)15(13(3)23-24)10-16(25)22-19(17(26)27)7-5-6-8-19/h9H,5-8,10H2,1-4H3,(H,22,25)(H,26,27). The number of amides is 1. The van der Waals surface area contributed by atoms with Gasteiger partial charge in [0, 0.05) is 22.6 Å². The van der Waals surface area contributed by atoms with Gasteiger partial charge >= 0.3 is 5.97 Å². The molecule has 1 aliphatic rings. The van der Waals surface area contributed by atoms with E-state index < -0.39 is 11.5 Å². The normalized spacial score (nSPS) is 15.7. The van der Waals surface area contributed by atoms with Gasteiger partial charge in [-0.05, 0) is 46.6 Å². The van der Waals surface area contributed by atoms with Crippen molar-refractivity contribution in [1.82, 2.24) is 25.1 Å². The van der Waals surface area contributed by atoms with Gasteiger partial charge in [-0.2, -0.15) is 5.10 Å². The number of hydrogen-bond donors (Lipinski definition) is 2. The first-order valence-electron chi connectivity index (χ1n) is 9.14. The first-order chi connectivity index (χ1) is 12.7. The van der Waals surface area contributed by atoms with Crippen molar-refractivity contribution in [2.45, 2.75) is 65.3 Å². The van der Waals surface area contributed by atoms with Gasteiger partial charge in [0.1, 0.15) is 5.54 Å². The molecule has 144 valence electrons. The maximum absolute atomic E-state index is 12.6. The minimum absolute atomic E-state index is 0.0808. The van der Waals surface area contributed by atoms with Gasteiger partial charge in [0.25, 0.3) is 5.95 Å². The van der Waals surface area contributed by atoms with E-state index in [0.717, 1.165) is 35.5 Å². The predicted molar refractivity (Wildman–Crippen MR) is 98.8 cm³/mol. The highest BCUT2D eigenvalue weighted by molar-refractivity contribution is 5.88. The summed E-state index contributed by atoms with van der Waals surface area (Å²) in [6.45, 7) is 7.49. The second kappa shape index (κ2) is 7.09. The highest BCUT2D eigenvalue weighted by Crippen LogP contribution is 2.30. The Morgan fingerprint density at radius 1 is 1.15 bits per heavy atom. The van der Waals surface area contributed by atoms with Crippen LogP contribution in [0.4, 0.5) is 0 Å². The van der Waals surface area contributed by atoms with E-state index in [4.69, 9.17) is 0 Å². The molecule has 2 aromatic heterocycles. The zero-order valence-corrected chi connectivity index (χ0v) is 16.2. The van der Waals surface area contributed by atoms with E-state index in [0.29, 0.717) is 24.5 Å². The zero-order chi connectivity index (χ0) is 19.8. The molecule has 2 aromatic rings. The average molecular weight is 371 g/mol. The van der Waals surface area contributed by atoms with Crippen LogP contribution in [0.1, 0.15) is 54.0 Å². The third-order valence-corrected chi connectivity index (χ3v) is 5.18. The Bertz CT molecular complexity index is 877. The molecule has 0 aromatic carbocycles. The molecule has 0 saturated heterocycles. The smallest absolute Gasteiger partial charge is 0.329 e. The third kappa shape index (κ3) is 3.70. The number of aryl methyl sites for hydroxylation is 3. The second-order valence-corrected chi connectivity index (χ2v) is 7.33. The summed E-state index contributed by atoms with van der Waals surface area (Å²) in [5.41, 5.74) is 2.81. The Hall–Kier alpha value is -2.77. The molecule has 8 nitrogen and oxygen atoms in total. The molecular weight excluding hydrogens is 346 g/mol. The van der Waals surface area contributed by atoms with Gasteiger partial charge in [-0.15, -0.1) is 0 Å². The summed E-state index contributed by atoms with van der Waals surface area (Å²) in [5, 5.41) is 16.8. The number of rotatable bonds is 5. The summed E-state index contributed by atoms with van der Waals surface area (Å²) in [4.78, 5) is 33.1. The molecule has 3 rings (SSSR count). The lowest BCUT2D eigenvalue weighted by molar-refractivity contribution is -0.147. The van der Waals surface area contributed by atoms with Crippen molar-refractivity contribution >= 4 is 11.9 Å². The van der Waals surface area contributed by atoms with E-state index in [1.165, 1.54) is 0 Å². The van der Waals surface area contributed by atoms with Gasteiger partial charge in [-0.1, -0.05) is 12.8 Å². The van der Waals surface area contributed by atoms with Crippen LogP contribution in [0.5, 0.6) is 0 Å². The van der Waals surface area contributed by atoms with Crippen molar-refractivity contribution in [3.05, 3.63) is 34.4 Å². The van der Waals surface area contributed by atoms with Crippen molar-refractivity contribution in [3.63, 3.8) is 0 Å². The fourth-order valence-corrected chi connectivity index (χ4v) is 3.77. The van der Waals surface area contributed by atoms with Crippen molar-refractivity contribution < 1.29 is 14.7 Å². The molecule has 0 unspecified atom stereocenters. The molecule has 2 heterocycles. The molecule has 0 spiro atoms. The summed E-state index contributed by atoms with van der Waals surface area (Å²) in [5.74, 6) is -0.787. The maximum Gasteiger partial charge on any atom is 0.329 e. The van der Waals surface area contributed by atoms with Gasteiger partial charge in [-0.25, -0.2) is 19.4 Å². The highest BCUT2D eigenvalue weighted by Gasteiger charge is 2.42. The van der Waals surface area contributed by atoms with E-state index in [-0.39, 0.29) is 12.3 Å². The number of carboxylic acids is 1. The van der Waals surface area contributed by atoms with Crippen molar-refractivity contribution in [3.8, 4) is 5.95 Å². The molecule has 0 bridgehead atoms. The molecule has 1 aliphatic carbocycles. The Morgan fingerprint density at radius 2 is 1.74 bits per heavy atom. The molecule has 8 heteroatoms. The lowest BCUT2D eigenvalue weighted by Crippen LogP contribution is -2.53. The zero-order valence-electron chi connectivity index (χ0n) is 16.2. The minimum atomic E-state index is -1.13. The van der Waals surface area contributed by atoms with Gasteiger partial charge < -0.3 is 10.4 Å². The number of aliphatic carboxylic acids is 1. The van der Waals surface area contributed by atoms with Crippen molar-refractivity contribution in [2.24, 2.45) is 0 Å². The monoisotopic (exact) mass is 371 g/mol. The Balaban J connectivity index is 1.84. The number of carboxylic acid groups (broad SMARTS) is 1. The van der Waals surface area contributed by atoms with Gasteiger partial charge in [0.05, 0.1) is 12.1 Å². The van der Waals surface area contributed by atoms with Crippen molar-refractivity contribution in [2.75, 3.05) is 0 Å². The third-order valence-electron chi connectivity index (χ3n) is 5.18. The summed E-state index contributed by atoms with van der Waals surface area (Å²) in [6, 6.07) is 1.89. The Labute approximate surface area is 158 Å². The van der Waals surface area contributed by atoms with Gasteiger partial charge in [0.2, 0.25) is 5.91 Å². The summed E-state index contributed by atoms with van der Waals surface area (Å²) < 4.78 is 1.64. The molecule has 0 atom stereocenters. The van der Waals surface area contributed by atoms with Crippen LogP contribution in [0.15, 0.2) is 6.07 Å². The van der Waals surface area contributed by atoms with E-state index in [2.05, 4.69) is 20.4 Å². The van der Waals surface area contributed by atoms with E-state index >= 15 is 0 Å². The van der Waals surface area contributed by atoms with Crippen LogP contribution in [0.25, 0.3) is 5.95 Å². The quantitative estimate of drug-likeness (QED) is 0.831. The fourth-order valence-electron chi connectivity index (χ4n) is 3.77.